The van der Waals surface area contributed by atoms with Crippen LogP contribution >= 0.6 is 11.6 Å². The summed E-state index contributed by atoms with van der Waals surface area (Å²) in [6.45, 7) is 3.81. The molecule has 1 rings (SSSR count). The Balaban J connectivity index is 2.98. The van der Waals surface area contributed by atoms with Crippen molar-refractivity contribution in [3.05, 3.63) is 39.9 Å². The van der Waals surface area contributed by atoms with E-state index in [1.54, 1.807) is 6.07 Å². The molecule has 0 heterocycles. The second-order valence-electron chi connectivity index (χ2n) is 4.58. The van der Waals surface area contributed by atoms with Gasteiger partial charge in [-0.2, -0.15) is 0 Å². The van der Waals surface area contributed by atoms with Crippen LogP contribution in [0.5, 0.6) is 0 Å². The third-order valence-corrected chi connectivity index (χ3v) is 3.38. The van der Waals surface area contributed by atoms with Crippen LogP contribution in [0.1, 0.15) is 37.0 Å². The van der Waals surface area contributed by atoms with Gasteiger partial charge in [-0.1, -0.05) is 19.1 Å². The molecule has 0 bridgehead atoms. The van der Waals surface area contributed by atoms with Crippen LogP contribution < -0.4 is 5.32 Å². The predicted molar refractivity (Wildman–Crippen MR) is 74.6 cm³/mol. The molecule has 1 aromatic carbocycles. The summed E-state index contributed by atoms with van der Waals surface area (Å²) in [6.07, 6.45) is 1.31. The number of nitrogens with zero attached hydrogens (tertiary/aromatic N) is 1. The number of hydrogen-bond acceptors (Lipinski definition) is 3. The van der Waals surface area contributed by atoms with Gasteiger partial charge in [0.15, 0.2) is 0 Å². The van der Waals surface area contributed by atoms with Gasteiger partial charge in [-0.15, -0.1) is 11.6 Å². The lowest BCUT2D eigenvalue weighted by atomic mass is 9.95. The Kier molecular flexibility index (Phi) is 5.30. The van der Waals surface area contributed by atoms with Crippen LogP contribution in [0.25, 0.3) is 0 Å². The maximum atomic E-state index is 12.2. The minimum Gasteiger partial charge on any atom is -0.347 e. The topological polar surface area (TPSA) is 72.2 Å². The molecule has 1 aromatic rings. The fraction of sp³-hybridized carbons (Fsp3) is 0.462. The third kappa shape index (κ3) is 3.92. The zero-order valence-electron chi connectivity index (χ0n) is 11.0. The van der Waals surface area contributed by atoms with Crippen molar-refractivity contribution in [3.8, 4) is 0 Å². The number of carbonyl (C=O) groups is 1. The zero-order chi connectivity index (χ0) is 14.5. The van der Waals surface area contributed by atoms with Crippen molar-refractivity contribution >= 4 is 23.2 Å². The molecule has 19 heavy (non-hydrogen) atoms. The number of alkyl halides is 1. The van der Waals surface area contributed by atoms with E-state index in [4.69, 9.17) is 11.6 Å². The number of para-hydroxylation sites is 1. The molecule has 0 fully saturated rings. The van der Waals surface area contributed by atoms with Crippen LogP contribution in [0, 0.1) is 10.1 Å². The molecule has 1 N–H and O–H groups in total. The molecule has 1 unspecified atom stereocenters. The van der Waals surface area contributed by atoms with Gasteiger partial charge in [-0.3, -0.25) is 14.9 Å². The molecule has 0 saturated heterocycles. The molecule has 6 heteroatoms. The van der Waals surface area contributed by atoms with Crippen LogP contribution in [-0.4, -0.2) is 22.2 Å². The zero-order valence-corrected chi connectivity index (χ0v) is 11.7. The number of carbonyl (C=O) groups excluding carboxylic acids is 1. The molecule has 0 radical (unpaired) electrons. The first kappa shape index (κ1) is 15.4. The van der Waals surface area contributed by atoms with Crippen molar-refractivity contribution < 1.29 is 9.72 Å². The number of halogens is 1. The highest BCUT2D eigenvalue weighted by Crippen LogP contribution is 2.21. The van der Waals surface area contributed by atoms with Crippen LogP contribution in [0.4, 0.5) is 5.69 Å². The Morgan fingerprint density at radius 1 is 1.47 bits per heavy atom. The average Bonchev–Trinajstić information content (AvgIpc) is 2.38. The fourth-order valence-corrected chi connectivity index (χ4v) is 2.12. The quantitative estimate of drug-likeness (QED) is 0.495. The minimum atomic E-state index is -0.556. The van der Waals surface area contributed by atoms with Crippen LogP contribution in [0.15, 0.2) is 24.3 Å². The molecular weight excluding hydrogens is 268 g/mol. The summed E-state index contributed by atoms with van der Waals surface area (Å²) in [4.78, 5) is 22.5. The van der Waals surface area contributed by atoms with E-state index in [0.29, 0.717) is 18.7 Å². The smallest absolute Gasteiger partial charge is 0.282 e. The Morgan fingerprint density at radius 2 is 2.11 bits per heavy atom. The summed E-state index contributed by atoms with van der Waals surface area (Å²) in [5.41, 5.74) is -0.575. The fourth-order valence-electron chi connectivity index (χ4n) is 1.70. The summed E-state index contributed by atoms with van der Waals surface area (Å²) in [7, 11) is 0. The molecule has 1 amide bonds. The van der Waals surface area contributed by atoms with Crippen LogP contribution in [0.2, 0.25) is 0 Å². The van der Waals surface area contributed by atoms with Gasteiger partial charge >= 0.3 is 0 Å². The number of amides is 1. The molecule has 1 atom stereocenters. The van der Waals surface area contributed by atoms with Crippen molar-refractivity contribution in [3.63, 3.8) is 0 Å². The summed E-state index contributed by atoms with van der Waals surface area (Å²) in [5, 5.41) is 13.7. The van der Waals surface area contributed by atoms with E-state index in [9.17, 15) is 14.9 Å². The highest BCUT2D eigenvalue weighted by Gasteiger charge is 2.27. The van der Waals surface area contributed by atoms with E-state index in [1.165, 1.54) is 18.2 Å². The maximum absolute atomic E-state index is 12.2. The first-order chi connectivity index (χ1) is 8.93. The number of nitro groups is 1. The normalized spacial score (nSPS) is 13.6. The van der Waals surface area contributed by atoms with Gasteiger partial charge in [-0.05, 0) is 25.8 Å². The summed E-state index contributed by atoms with van der Waals surface area (Å²) >= 11 is 5.72. The van der Waals surface area contributed by atoms with Gasteiger partial charge in [-0.25, -0.2) is 0 Å². The van der Waals surface area contributed by atoms with Crippen LogP contribution in [0.3, 0.4) is 0 Å². The van der Waals surface area contributed by atoms with Gasteiger partial charge in [0, 0.05) is 17.5 Å². The van der Waals surface area contributed by atoms with Crippen molar-refractivity contribution in [2.24, 2.45) is 0 Å². The maximum Gasteiger partial charge on any atom is 0.282 e. The van der Waals surface area contributed by atoms with Crippen molar-refractivity contribution in [1.29, 1.82) is 0 Å². The standard InChI is InChI=1S/C13H17ClN2O3/c1-3-13(2,8-9-14)15-12(17)10-6-4-5-7-11(10)16(18)19/h4-7H,3,8-9H2,1-2H3,(H,15,17). The second-order valence-corrected chi connectivity index (χ2v) is 4.96. The lowest BCUT2D eigenvalue weighted by Crippen LogP contribution is -2.46. The lowest BCUT2D eigenvalue weighted by molar-refractivity contribution is -0.385. The Hall–Kier alpha value is -1.62. The van der Waals surface area contributed by atoms with Crippen molar-refractivity contribution in [2.45, 2.75) is 32.2 Å². The molecule has 0 saturated carbocycles. The third-order valence-electron chi connectivity index (χ3n) is 3.19. The predicted octanol–water partition coefficient (Wildman–Crippen LogP) is 3.12. The van der Waals surface area contributed by atoms with E-state index in [2.05, 4.69) is 5.32 Å². The molecule has 104 valence electrons. The molecule has 0 aliphatic rings. The molecule has 0 spiro atoms. The highest BCUT2D eigenvalue weighted by molar-refractivity contribution is 6.17. The average molecular weight is 285 g/mol. The molecule has 0 aromatic heterocycles. The highest BCUT2D eigenvalue weighted by atomic mass is 35.5. The number of nitrogens with one attached hydrogen (secondary N) is 1. The monoisotopic (exact) mass is 284 g/mol. The summed E-state index contributed by atoms with van der Waals surface area (Å²) < 4.78 is 0. The van der Waals surface area contributed by atoms with Crippen molar-refractivity contribution in [2.75, 3.05) is 5.88 Å². The minimum absolute atomic E-state index is 0.0711. The first-order valence-electron chi connectivity index (χ1n) is 6.05. The van der Waals surface area contributed by atoms with Gasteiger partial charge < -0.3 is 5.32 Å². The van der Waals surface area contributed by atoms with E-state index < -0.39 is 16.4 Å². The number of benzene rings is 1. The van der Waals surface area contributed by atoms with Gasteiger partial charge in [0.25, 0.3) is 11.6 Å². The van der Waals surface area contributed by atoms with Crippen LogP contribution in [-0.2, 0) is 0 Å². The molecule has 5 nitrogen and oxygen atoms in total. The number of hydrogen-bond donors (Lipinski definition) is 1. The Labute approximate surface area is 117 Å². The summed E-state index contributed by atoms with van der Waals surface area (Å²) in [6, 6.07) is 5.91. The van der Waals surface area contributed by atoms with E-state index in [1.807, 2.05) is 13.8 Å². The molecular formula is C13H17ClN2O3. The largest absolute Gasteiger partial charge is 0.347 e. The first-order valence-corrected chi connectivity index (χ1v) is 6.59. The Morgan fingerprint density at radius 3 is 2.63 bits per heavy atom. The second kappa shape index (κ2) is 6.52. The van der Waals surface area contributed by atoms with E-state index in [-0.39, 0.29) is 11.3 Å². The molecule has 0 aliphatic carbocycles. The van der Waals surface area contributed by atoms with E-state index in [0.717, 1.165) is 0 Å². The van der Waals surface area contributed by atoms with Gasteiger partial charge in [0.1, 0.15) is 5.56 Å². The van der Waals surface area contributed by atoms with Crippen molar-refractivity contribution in [1.82, 2.24) is 5.32 Å². The number of nitro benzene ring substituents is 1. The molecule has 0 aliphatic heterocycles. The van der Waals surface area contributed by atoms with Gasteiger partial charge in [0.2, 0.25) is 0 Å². The van der Waals surface area contributed by atoms with Gasteiger partial charge in [0.05, 0.1) is 4.92 Å². The number of rotatable bonds is 6. The summed E-state index contributed by atoms with van der Waals surface area (Å²) in [5.74, 6) is -0.0247. The lowest BCUT2D eigenvalue weighted by Gasteiger charge is -2.28. The Bertz CT molecular complexity index is 479. The SMILES string of the molecule is CCC(C)(CCCl)NC(=O)c1ccccc1[N+](=O)[O-]. The van der Waals surface area contributed by atoms with E-state index >= 15 is 0 Å².